The van der Waals surface area contributed by atoms with E-state index in [1.54, 1.807) is 30.3 Å². The van der Waals surface area contributed by atoms with Gasteiger partial charge >= 0.3 is 6.03 Å². The summed E-state index contributed by atoms with van der Waals surface area (Å²) in [6.07, 6.45) is 4.01. The Morgan fingerprint density at radius 1 is 0.697 bits per heavy atom. The molecule has 3 rings (SSSR count). The maximum Gasteiger partial charge on any atom is 0.315 e. The number of urea groups is 1. The van der Waals surface area contributed by atoms with E-state index in [4.69, 9.17) is 22.4 Å². The van der Waals surface area contributed by atoms with Crippen LogP contribution < -0.4 is 65.2 Å². The van der Waals surface area contributed by atoms with Crippen molar-refractivity contribution in [1.82, 2.24) is 48.0 Å². The summed E-state index contributed by atoms with van der Waals surface area (Å²) in [6.45, 7) is -0.501. The number of carbonyl (C=O) groups excluding carboxylic acids is 10. The van der Waals surface area contributed by atoms with E-state index >= 15 is 0 Å². The van der Waals surface area contributed by atoms with Gasteiger partial charge in [-0.2, -0.15) is 11.8 Å². The van der Waals surface area contributed by atoms with E-state index in [0.29, 0.717) is 55.9 Å². The molecule has 0 saturated carbocycles. The number of hydrogen-bond donors (Lipinski definition) is 13. The molecule has 7 atom stereocenters. The monoisotopic (exact) mass is 946 g/mol. The molecule has 2 fully saturated rings. The molecule has 24 heteroatoms. The number of hydroxylamine groups is 1. The number of carbonyl (C=O) groups is 10. The summed E-state index contributed by atoms with van der Waals surface area (Å²) in [5.41, 5.74) is 18.6. The van der Waals surface area contributed by atoms with Crippen LogP contribution in [0.5, 0.6) is 0 Å². The summed E-state index contributed by atoms with van der Waals surface area (Å²) >= 11 is 1.83. The van der Waals surface area contributed by atoms with Gasteiger partial charge in [0.2, 0.25) is 53.2 Å². The third-order valence-corrected chi connectivity index (χ3v) is 12.5. The fraction of sp³-hybridized carbons (Fsp3) is 0.619. The highest BCUT2D eigenvalue weighted by Crippen LogP contribution is 2.33. The molecule has 0 bridgehead atoms. The first-order chi connectivity index (χ1) is 31.6. The Hall–Kier alpha value is -6.01. The minimum absolute atomic E-state index is 0.0677. The van der Waals surface area contributed by atoms with Gasteiger partial charge < -0.3 is 59.7 Å². The molecule has 2 aliphatic heterocycles. The van der Waals surface area contributed by atoms with Gasteiger partial charge in [-0.05, 0) is 76.3 Å². The summed E-state index contributed by atoms with van der Waals surface area (Å²) in [5.74, 6) is -6.51. The zero-order chi connectivity index (χ0) is 48.4. The maximum absolute atomic E-state index is 13.6. The SMILES string of the molecule is NCCCC[C@H](NC(=O)[C@H](CCC(N)=O)NC(=O)C(CC(=O)NO)Cc1ccccc1)C(=O)NCC(=O)NCC(=O)N[C@@H](CCCCNC(=O)CCCC[C@@H]1SC[C@@H]2NC(=O)N[C@@H]21)C(N)=O. The first-order valence-electron chi connectivity index (χ1n) is 22.2. The lowest BCUT2D eigenvalue weighted by molar-refractivity contribution is -0.137. The number of benzene rings is 1. The predicted octanol–water partition coefficient (Wildman–Crippen LogP) is -2.68. The van der Waals surface area contributed by atoms with Gasteiger partial charge in [0.25, 0.3) is 0 Å². The van der Waals surface area contributed by atoms with Crippen LogP contribution in [-0.2, 0) is 49.6 Å². The second kappa shape index (κ2) is 29.5. The van der Waals surface area contributed by atoms with Crippen LogP contribution in [-0.4, -0.2) is 132 Å². The van der Waals surface area contributed by atoms with Gasteiger partial charge in [-0.3, -0.25) is 48.4 Å². The Labute approximate surface area is 387 Å². The van der Waals surface area contributed by atoms with Crippen molar-refractivity contribution in [2.75, 3.05) is 31.9 Å². The van der Waals surface area contributed by atoms with Crippen LogP contribution in [0.4, 0.5) is 4.79 Å². The van der Waals surface area contributed by atoms with Crippen LogP contribution >= 0.6 is 11.8 Å². The first-order valence-corrected chi connectivity index (χ1v) is 23.3. The number of primary amides is 2. The summed E-state index contributed by atoms with van der Waals surface area (Å²) in [6, 6.07) is 5.21. The largest absolute Gasteiger partial charge is 0.370 e. The van der Waals surface area contributed by atoms with Crippen LogP contribution in [0.15, 0.2) is 30.3 Å². The van der Waals surface area contributed by atoms with E-state index in [1.807, 2.05) is 11.8 Å². The van der Waals surface area contributed by atoms with E-state index in [1.165, 1.54) is 5.48 Å². The van der Waals surface area contributed by atoms with E-state index < -0.39 is 90.8 Å². The minimum Gasteiger partial charge on any atom is -0.370 e. The molecule has 0 radical (unpaired) electrons. The summed E-state index contributed by atoms with van der Waals surface area (Å²) in [5, 5.41) is 30.5. The lowest BCUT2D eigenvalue weighted by Crippen LogP contribution is -2.55. The second-order valence-electron chi connectivity index (χ2n) is 16.3. The highest BCUT2D eigenvalue weighted by molar-refractivity contribution is 8.00. The van der Waals surface area contributed by atoms with Crippen LogP contribution in [0, 0.1) is 5.92 Å². The summed E-state index contributed by atoms with van der Waals surface area (Å²) in [4.78, 5) is 125. The molecular formula is C42H66N12O11S. The Morgan fingerprint density at radius 3 is 2.08 bits per heavy atom. The molecule has 66 heavy (non-hydrogen) atoms. The minimum atomic E-state index is -1.38. The molecule has 23 nitrogen and oxygen atoms in total. The van der Waals surface area contributed by atoms with E-state index in [-0.39, 0.29) is 62.7 Å². The predicted molar refractivity (Wildman–Crippen MR) is 241 cm³/mol. The Morgan fingerprint density at radius 2 is 1.38 bits per heavy atom. The topological polar surface area (TPSA) is 377 Å². The van der Waals surface area contributed by atoms with Gasteiger partial charge in [-0.25, -0.2) is 10.3 Å². The van der Waals surface area contributed by atoms with Crippen molar-refractivity contribution in [1.29, 1.82) is 0 Å². The lowest BCUT2D eigenvalue weighted by Gasteiger charge is -2.25. The summed E-state index contributed by atoms with van der Waals surface area (Å²) in [7, 11) is 0. The van der Waals surface area contributed by atoms with Crippen LogP contribution in [0.25, 0.3) is 0 Å². The van der Waals surface area contributed by atoms with E-state index in [0.717, 1.165) is 18.6 Å². The second-order valence-corrected chi connectivity index (χ2v) is 17.5. The molecule has 0 spiro atoms. The van der Waals surface area contributed by atoms with Crippen molar-refractivity contribution in [2.45, 2.75) is 125 Å². The highest BCUT2D eigenvalue weighted by atomic mass is 32.2. The Balaban J connectivity index is 1.42. The first kappa shape index (κ1) is 54.3. The standard InChI is InChI=1S/C42H66N12O11S/c43-18-8-6-13-28(51-41(63)29(16-17-32(44)55)50-39(61)26(21-34(57)54-65)20-25-10-2-1-3-11-25)40(62)48-22-35(58)47-23-36(59)49-27(38(45)60)12-7-9-19-46-33(56)15-5-4-14-31-37-30(24-66-31)52-42(64)53-37/h1-3,10-11,26-31,37,65H,4-9,12-24,43H2,(H2,44,55)(H2,45,60)(H,46,56)(H,47,58)(H,48,62)(H,49,59)(H,50,61)(H,51,63)(H,54,57)(H2,52,53,64)/t26?,27-,28-,29-,30-,31-,37-/m0/s1. The quantitative estimate of drug-likeness (QED) is 0.0152. The van der Waals surface area contributed by atoms with E-state index in [2.05, 4.69) is 42.5 Å². The number of fused-ring (bicyclic) bond motifs is 1. The fourth-order valence-corrected chi connectivity index (χ4v) is 8.97. The van der Waals surface area contributed by atoms with Gasteiger partial charge in [0.1, 0.15) is 18.1 Å². The van der Waals surface area contributed by atoms with E-state index in [9.17, 15) is 47.9 Å². The van der Waals surface area contributed by atoms with Gasteiger partial charge in [-0.15, -0.1) is 0 Å². The number of thioether (sulfide) groups is 1. The fourth-order valence-electron chi connectivity index (χ4n) is 7.43. The van der Waals surface area contributed by atoms with Crippen molar-refractivity contribution >= 4 is 71.0 Å². The number of hydrogen-bond acceptors (Lipinski definition) is 13. The molecule has 2 aliphatic rings. The zero-order valence-corrected chi connectivity index (χ0v) is 37.8. The van der Waals surface area contributed by atoms with Crippen molar-refractivity contribution in [3.8, 4) is 0 Å². The van der Waals surface area contributed by atoms with Crippen molar-refractivity contribution < 1.29 is 53.2 Å². The van der Waals surface area contributed by atoms with Gasteiger partial charge in [0.15, 0.2) is 0 Å². The molecule has 2 saturated heterocycles. The molecule has 0 aromatic heterocycles. The van der Waals surface area contributed by atoms with Crippen LogP contribution in [0.2, 0.25) is 0 Å². The number of rotatable bonds is 32. The van der Waals surface area contributed by atoms with Gasteiger partial charge in [0, 0.05) is 36.8 Å². The van der Waals surface area contributed by atoms with Crippen molar-refractivity contribution in [3.63, 3.8) is 0 Å². The summed E-state index contributed by atoms with van der Waals surface area (Å²) < 4.78 is 0. The smallest absolute Gasteiger partial charge is 0.315 e. The number of amides is 11. The van der Waals surface area contributed by atoms with Crippen LogP contribution in [0.1, 0.15) is 89.0 Å². The van der Waals surface area contributed by atoms with Gasteiger partial charge in [0.05, 0.1) is 31.1 Å². The third-order valence-electron chi connectivity index (χ3n) is 11.0. The molecule has 1 unspecified atom stereocenters. The number of nitrogens with two attached hydrogens (primary N) is 3. The molecular weight excluding hydrogens is 881 g/mol. The van der Waals surface area contributed by atoms with Gasteiger partial charge in [-0.1, -0.05) is 36.8 Å². The number of nitrogens with one attached hydrogen (secondary N) is 9. The number of unbranched alkanes of at least 4 members (excludes halogenated alkanes) is 3. The highest BCUT2D eigenvalue weighted by Gasteiger charge is 2.42. The Kier molecular flexibility index (Phi) is 24.3. The maximum atomic E-state index is 13.6. The molecule has 1 aromatic carbocycles. The molecule has 366 valence electrons. The normalized spacial score (nSPS) is 17.8. The molecule has 16 N–H and O–H groups in total. The zero-order valence-electron chi connectivity index (χ0n) is 37.0. The third kappa shape index (κ3) is 20.4. The lowest BCUT2D eigenvalue weighted by atomic mass is 9.94. The van der Waals surface area contributed by atoms with Crippen LogP contribution in [0.3, 0.4) is 0 Å². The molecule has 1 aromatic rings. The average Bonchev–Trinajstić information content (AvgIpc) is 3.85. The molecule has 11 amide bonds. The van der Waals surface area contributed by atoms with Crippen molar-refractivity contribution in [3.05, 3.63) is 35.9 Å². The molecule has 0 aliphatic carbocycles. The Bertz CT molecular complexity index is 1830. The molecule has 2 heterocycles. The van der Waals surface area contributed by atoms with Crippen molar-refractivity contribution in [2.24, 2.45) is 23.1 Å². The average molecular weight is 947 g/mol.